The molecule has 1 saturated heterocycles. The molecule has 1 aromatic rings. The number of hydrogen-bond donors (Lipinski definition) is 0. The van der Waals surface area contributed by atoms with Gasteiger partial charge in [-0.1, -0.05) is 25.0 Å². The van der Waals surface area contributed by atoms with E-state index in [2.05, 4.69) is 19.1 Å². The molecule has 0 aromatic heterocycles. The number of benzene rings is 1. The number of Topliss-reactive ketones (excluding diaryl/α,β-unsaturated/α-hetero) is 1. The van der Waals surface area contributed by atoms with Gasteiger partial charge in [0.05, 0.1) is 6.10 Å². The number of carbonyl (C=O) groups excluding carboxylic acids is 1. The van der Waals surface area contributed by atoms with Gasteiger partial charge in [-0.15, -0.1) is 0 Å². The molecule has 1 spiro atoms. The van der Waals surface area contributed by atoms with Crippen molar-refractivity contribution in [3.63, 3.8) is 0 Å². The van der Waals surface area contributed by atoms with E-state index in [0.717, 1.165) is 12.8 Å². The smallest absolute Gasteiger partial charge is 0.132 e. The molecule has 140 valence electrons. The van der Waals surface area contributed by atoms with E-state index in [1.807, 2.05) is 0 Å². The second-order valence-corrected chi connectivity index (χ2v) is 9.68. The van der Waals surface area contributed by atoms with Crippen LogP contribution in [0.4, 0.5) is 0 Å². The zero-order valence-electron chi connectivity index (χ0n) is 16.4. The molecule has 0 radical (unpaired) electrons. The molecular formula is C24H32O2. The largest absolute Gasteiger partial charge is 0.365 e. The van der Waals surface area contributed by atoms with Crippen LogP contribution in [0.25, 0.3) is 0 Å². The van der Waals surface area contributed by atoms with Crippen LogP contribution in [0.1, 0.15) is 99.5 Å². The highest BCUT2D eigenvalue weighted by Gasteiger charge is 2.45. The molecular weight excluding hydrogens is 320 g/mol. The van der Waals surface area contributed by atoms with Gasteiger partial charge in [0.25, 0.3) is 0 Å². The van der Waals surface area contributed by atoms with E-state index < -0.39 is 0 Å². The average Bonchev–Trinajstić information content (AvgIpc) is 3.05. The van der Waals surface area contributed by atoms with Crippen LogP contribution in [-0.2, 0) is 22.4 Å². The summed E-state index contributed by atoms with van der Waals surface area (Å²) in [5.74, 6) is 1.39. The molecule has 2 nitrogen and oxygen atoms in total. The molecule has 0 amide bonds. The van der Waals surface area contributed by atoms with Crippen molar-refractivity contribution in [2.75, 3.05) is 0 Å². The van der Waals surface area contributed by atoms with Gasteiger partial charge in [-0.2, -0.15) is 0 Å². The van der Waals surface area contributed by atoms with Gasteiger partial charge in [0.15, 0.2) is 0 Å². The Morgan fingerprint density at radius 1 is 1.00 bits per heavy atom. The van der Waals surface area contributed by atoms with Crippen LogP contribution in [0.3, 0.4) is 0 Å². The summed E-state index contributed by atoms with van der Waals surface area (Å²) in [6, 6.07) is 4.84. The van der Waals surface area contributed by atoms with E-state index in [0.29, 0.717) is 35.2 Å². The second kappa shape index (κ2) is 6.19. The third-order valence-electron chi connectivity index (χ3n) is 8.03. The van der Waals surface area contributed by atoms with Crippen molar-refractivity contribution in [1.29, 1.82) is 0 Å². The Labute approximate surface area is 157 Å². The third kappa shape index (κ3) is 2.76. The number of ketones is 1. The highest BCUT2D eigenvalue weighted by Crippen LogP contribution is 2.54. The Bertz CT molecular complexity index is 720. The first-order valence-corrected chi connectivity index (χ1v) is 10.9. The Kier molecular flexibility index (Phi) is 4.04. The lowest BCUT2D eigenvalue weighted by atomic mass is 9.75. The summed E-state index contributed by atoms with van der Waals surface area (Å²) in [5.41, 5.74) is 7.04. The summed E-state index contributed by atoms with van der Waals surface area (Å²) < 4.78 is 5.87. The van der Waals surface area contributed by atoms with Crippen LogP contribution in [0, 0.1) is 11.3 Å². The zero-order valence-corrected chi connectivity index (χ0v) is 16.4. The number of ether oxygens (including phenoxy) is 1. The molecule has 3 aliphatic carbocycles. The van der Waals surface area contributed by atoms with Gasteiger partial charge in [0.2, 0.25) is 0 Å². The summed E-state index contributed by atoms with van der Waals surface area (Å²) in [7, 11) is 0. The van der Waals surface area contributed by atoms with Crippen molar-refractivity contribution in [3.8, 4) is 0 Å². The van der Waals surface area contributed by atoms with Crippen LogP contribution in [-0.4, -0.2) is 11.9 Å². The molecule has 2 unspecified atom stereocenters. The summed E-state index contributed by atoms with van der Waals surface area (Å²) in [4.78, 5) is 11.7. The molecule has 1 heterocycles. The Hall–Kier alpha value is -1.15. The quantitative estimate of drug-likeness (QED) is 0.656. The molecule has 3 fully saturated rings. The molecule has 0 bridgehead atoms. The predicted octanol–water partition coefficient (Wildman–Crippen LogP) is 5.67. The van der Waals surface area contributed by atoms with Crippen molar-refractivity contribution in [2.45, 2.75) is 96.2 Å². The average molecular weight is 353 g/mol. The zero-order chi connectivity index (χ0) is 17.9. The molecule has 2 atom stereocenters. The normalized spacial score (nSPS) is 34.8. The van der Waals surface area contributed by atoms with Crippen LogP contribution >= 0.6 is 0 Å². The van der Waals surface area contributed by atoms with Crippen LogP contribution in [0.2, 0.25) is 0 Å². The number of hydrogen-bond acceptors (Lipinski definition) is 2. The van der Waals surface area contributed by atoms with Crippen LogP contribution < -0.4 is 0 Å². The number of carbonyl (C=O) groups is 1. The summed E-state index contributed by atoms with van der Waals surface area (Å²) >= 11 is 0. The van der Waals surface area contributed by atoms with Gasteiger partial charge >= 0.3 is 0 Å². The maximum atomic E-state index is 11.7. The fourth-order valence-electron chi connectivity index (χ4n) is 6.41. The van der Waals surface area contributed by atoms with Crippen molar-refractivity contribution in [2.24, 2.45) is 11.3 Å². The van der Waals surface area contributed by atoms with E-state index in [1.54, 1.807) is 23.6 Å². The standard InChI is InChI=1S/C24H32O2/c1-15(25)17-5-7-18(8-6-17)19-9-10-20(23-16(2)26-23)22-14-24(13-21(19)22)11-3-4-12-24/h9-10,16-18,23H,3-8,11-14H2,1-2H3. The minimum atomic E-state index is 0.320. The predicted molar refractivity (Wildman–Crippen MR) is 103 cm³/mol. The van der Waals surface area contributed by atoms with Gasteiger partial charge in [-0.05, 0) is 98.8 Å². The van der Waals surface area contributed by atoms with Crippen molar-refractivity contribution >= 4 is 5.78 Å². The van der Waals surface area contributed by atoms with Gasteiger partial charge in [0.1, 0.15) is 11.9 Å². The minimum absolute atomic E-state index is 0.320. The molecule has 1 aliphatic heterocycles. The van der Waals surface area contributed by atoms with Crippen molar-refractivity contribution in [1.82, 2.24) is 0 Å². The fourth-order valence-corrected chi connectivity index (χ4v) is 6.41. The van der Waals surface area contributed by atoms with E-state index in [1.165, 1.54) is 56.9 Å². The first-order valence-electron chi connectivity index (χ1n) is 10.9. The molecule has 2 heteroatoms. The van der Waals surface area contributed by atoms with Crippen molar-refractivity contribution < 1.29 is 9.53 Å². The Morgan fingerprint density at radius 3 is 2.15 bits per heavy atom. The molecule has 26 heavy (non-hydrogen) atoms. The van der Waals surface area contributed by atoms with Crippen LogP contribution in [0.5, 0.6) is 0 Å². The first kappa shape index (κ1) is 17.0. The molecule has 2 saturated carbocycles. The molecule has 5 rings (SSSR count). The lowest BCUT2D eigenvalue weighted by Crippen LogP contribution is -2.20. The topological polar surface area (TPSA) is 29.6 Å². The number of epoxide rings is 1. The maximum Gasteiger partial charge on any atom is 0.132 e. The van der Waals surface area contributed by atoms with E-state index in [-0.39, 0.29) is 0 Å². The van der Waals surface area contributed by atoms with Gasteiger partial charge in [-0.3, -0.25) is 4.79 Å². The SMILES string of the molecule is CC(=O)C1CCC(c2ccc(C3OC3C)c3c2CC2(CCCC2)C3)CC1. The van der Waals surface area contributed by atoms with E-state index >= 15 is 0 Å². The summed E-state index contributed by atoms with van der Waals surface area (Å²) in [6.45, 7) is 3.98. The van der Waals surface area contributed by atoms with Gasteiger partial charge < -0.3 is 4.74 Å². The highest BCUT2D eigenvalue weighted by molar-refractivity contribution is 5.78. The number of fused-ring (bicyclic) bond motifs is 1. The summed E-state index contributed by atoms with van der Waals surface area (Å²) in [5, 5.41) is 0. The Balaban J connectivity index is 1.46. The fraction of sp³-hybridized carbons (Fsp3) is 0.708. The maximum absolute atomic E-state index is 11.7. The highest BCUT2D eigenvalue weighted by atomic mass is 16.6. The minimum Gasteiger partial charge on any atom is -0.365 e. The molecule has 0 N–H and O–H groups in total. The second-order valence-electron chi connectivity index (χ2n) is 9.68. The van der Waals surface area contributed by atoms with E-state index in [9.17, 15) is 4.79 Å². The van der Waals surface area contributed by atoms with Gasteiger partial charge in [-0.25, -0.2) is 0 Å². The monoisotopic (exact) mass is 352 g/mol. The van der Waals surface area contributed by atoms with Crippen molar-refractivity contribution in [3.05, 3.63) is 34.4 Å². The molecule has 4 aliphatic rings. The number of rotatable bonds is 3. The lowest BCUT2D eigenvalue weighted by molar-refractivity contribution is -0.121. The molecule has 1 aromatic carbocycles. The Morgan fingerprint density at radius 2 is 1.58 bits per heavy atom. The first-order chi connectivity index (χ1) is 12.6. The third-order valence-corrected chi connectivity index (χ3v) is 8.03. The van der Waals surface area contributed by atoms with Crippen LogP contribution in [0.15, 0.2) is 12.1 Å². The van der Waals surface area contributed by atoms with Gasteiger partial charge in [0, 0.05) is 5.92 Å². The van der Waals surface area contributed by atoms with E-state index in [4.69, 9.17) is 4.74 Å². The lowest BCUT2D eigenvalue weighted by Gasteiger charge is -2.29. The summed E-state index contributed by atoms with van der Waals surface area (Å²) in [6.07, 6.45) is 13.6.